The molecule has 6 heteroatoms. The fraction of sp³-hybridized carbons (Fsp3) is 0.455. The third-order valence-electron chi connectivity index (χ3n) is 2.39. The van der Waals surface area contributed by atoms with Crippen molar-refractivity contribution in [2.24, 2.45) is 5.73 Å². The quantitative estimate of drug-likeness (QED) is 0.601. The molecule has 0 aliphatic rings. The summed E-state index contributed by atoms with van der Waals surface area (Å²) in [5.74, 6) is 0. The molecule has 1 aromatic carbocycles. The van der Waals surface area contributed by atoms with Gasteiger partial charge in [-0.2, -0.15) is 0 Å². The second kappa shape index (κ2) is 6.54. The normalized spacial score (nSPS) is 12.4. The van der Waals surface area contributed by atoms with Crippen LogP contribution in [0, 0.1) is 10.1 Å². The first-order valence-electron chi connectivity index (χ1n) is 5.41. The number of nitrogens with zero attached hydrogens (tertiary/aromatic N) is 1. The highest BCUT2D eigenvalue weighted by molar-refractivity contribution is 6.32. The lowest BCUT2D eigenvalue weighted by molar-refractivity contribution is -0.384. The first kappa shape index (κ1) is 13.9. The molecule has 5 nitrogen and oxygen atoms in total. The lowest BCUT2D eigenvalue weighted by Gasteiger charge is -2.12. The summed E-state index contributed by atoms with van der Waals surface area (Å²) >= 11 is 5.74. The summed E-state index contributed by atoms with van der Waals surface area (Å²) in [6.07, 6.45) is 0.706. The van der Waals surface area contributed by atoms with Crippen LogP contribution >= 0.6 is 11.6 Å². The number of halogens is 1. The van der Waals surface area contributed by atoms with E-state index in [1.54, 1.807) is 12.1 Å². The van der Waals surface area contributed by atoms with E-state index in [0.29, 0.717) is 13.0 Å². The highest BCUT2D eigenvalue weighted by Crippen LogP contribution is 2.25. The van der Waals surface area contributed by atoms with Crippen LogP contribution in [0.1, 0.15) is 12.5 Å². The zero-order chi connectivity index (χ0) is 12.8. The Kier molecular flexibility index (Phi) is 5.34. The minimum atomic E-state index is -0.468. The highest BCUT2D eigenvalue weighted by atomic mass is 35.5. The van der Waals surface area contributed by atoms with Gasteiger partial charge in [0.2, 0.25) is 0 Å². The molecule has 0 aromatic heterocycles. The first-order chi connectivity index (χ1) is 8.04. The summed E-state index contributed by atoms with van der Waals surface area (Å²) in [5.41, 5.74) is 6.23. The second-order valence-corrected chi connectivity index (χ2v) is 4.30. The number of nitro benzene ring substituents is 1. The number of benzene rings is 1. The van der Waals surface area contributed by atoms with Crippen LogP contribution in [0.25, 0.3) is 0 Å². The molecule has 0 spiro atoms. The number of nitrogens with two attached hydrogens (primary N) is 1. The van der Waals surface area contributed by atoms with Crippen molar-refractivity contribution in [1.29, 1.82) is 0 Å². The molecule has 1 unspecified atom stereocenters. The Balaban J connectivity index is 2.72. The Morgan fingerprint density at radius 2 is 2.29 bits per heavy atom. The molecular formula is C11H16ClN3O2. The van der Waals surface area contributed by atoms with Crippen molar-refractivity contribution in [1.82, 2.24) is 5.32 Å². The molecule has 94 valence electrons. The topological polar surface area (TPSA) is 81.2 Å². The van der Waals surface area contributed by atoms with Gasteiger partial charge in [-0.3, -0.25) is 10.1 Å². The third-order valence-corrected chi connectivity index (χ3v) is 2.71. The van der Waals surface area contributed by atoms with Gasteiger partial charge in [-0.05, 0) is 25.0 Å². The molecule has 0 amide bonds. The van der Waals surface area contributed by atoms with Crippen molar-refractivity contribution in [2.45, 2.75) is 19.4 Å². The van der Waals surface area contributed by atoms with Crippen molar-refractivity contribution in [2.75, 3.05) is 13.1 Å². The van der Waals surface area contributed by atoms with Crippen LogP contribution in [0.4, 0.5) is 5.69 Å². The van der Waals surface area contributed by atoms with E-state index < -0.39 is 4.92 Å². The van der Waals surface area contributed by atoms with Crippen LogP contribution in [-0.4, -0.2) is 24.1 Å². The lowest BCUT2D eigenvalue weighted by Crippen LogP contribution is -2.32. The summed E-state index contributed by atoms with van der Waals surface area (Å²) in [4.78, 5) is 10.3. The van der Waals surface area contributed by atoms with E-state index in [-0.39, 0.29) is 16.8 Å². The Morgan fingerprint density at radius 3 is 2.88 bits per heavy atom. The maximum absolute atomic E-state index is 10.7. The molecule has 0 saturated carbocycles. The molecule has 1 aromatic rings. The van der Waals surface area contributed by atoms with E-state index in [9.17, 15) is 10.1 Å². The molecule has 0 aliphatic carbocycles. The van der Waals surface area contributed by atoms with Crippen LogP contribution in [0.3, 0.4) is 0 Å². The van der Waals surface area contributed by atoms with Gasteiger partial charge in [-0.1, -0.05) is 17.7 Å². The maximum Gasteiger partial charge on any atom is 0.288 e. The summed E-state index contributed by atoms with van der Waals surface area (Å²) in [6, 6.07) is 5.10. The number of rotatable bonds is 6. The Bertz CT molecular complexity index is 398. The number of hydrogen-bond acceptors (Lipinski definition) is 4. The van der Waals surface area contributed by atoms with E-state index >= 15 is 0 Å². The average Bonchev–Trinajstić information content (AvgIpc) is 2.28. The van der Waals surface area contributed by atoms with Gasteiger partial charge in [0.1, 0.15) is 5.02 Å². The predicted octanol–water partition coefficient (Wildman–Crippen LogP) is 1.73. The zero-order valence-corrected chi connectivity index (χ0v) is 10.4. The van der Waals surface area contributed by atoms with Crippen LogP contribution in [0.5, 0.6) is 0 Å². The summed E-state index contributed by atoms with van der Waals surface area (Å²) in [5, 5.41) is 14.1. The van der Waals surface area contributed by atoms with Gasteiger partial charge in [-0.15, -0.1) is 0 Å². The van der Waals surface area contributed by atoms with Crippen molar-refractivity contribution in [3.8, 4) is 0 Å². The maximum atomic E-state index is 10.7. The van der Waals surface area contributed by atoms with Crippen LogP contribution in [0.2, 0.25) is 5.02 Å². The molecule has 0 aliphatic heterocycles. The van der Waals surface area contributed by atoms with Crippen molar-refractivity contribution >= 4 is 17.3 Å². The fourth-order valence-corrected chi connectivity index (χ4v) is 1.77. The van der Waals surface area contributed by atoms with E-state index in [0.717, 1.165) is 12.1 Å². The standard InChI is InChI=1S/C11H16ClN3O2/c1-8(14-5-4-13)6-9-2-3-10(12)11(7-9)15(16)17/h2-3,7-8,14H,4-6,13H2,1H3. The molecular weight excluding hydrogens is 242 g/mol. The molecule has 0 radical (unpaired) electrons. The molecule has 0 bridgehead atoms. The van der Waals surface area contributed by atoms with E-state index in [1.165, 1.54) is 6.07 Å². The lowest BCUT2D eigenvalue weighted by atomic mass is 10.1. The molecule has 3 N–H and O–H groups in total. The van der Waals surface area contributed by atoms with Gasteiger partial charge in [0, 0.05) is 25.2 Å². The van der Waals surface area contributed by atoms with Gasteiger partial charge >= 0.3 is 0 Å². The van der Waals surface area contributed by atoms with Gasteiger partial charge in [-0.25, -0.2) is 0 Å². The fourth-order valence-electron chi connectivity index (χ4n) is 1.58. The van der Waals surface area contributed by atoms with E-state index in [1.807, 2.05) is 6.92 Å². The predicted molar refractivity (Wildman–Crippen MR) is 68.3 cm³/mol. The van der Waals surface area contributed by atoms with Gasteiger partial charge in [0.15, 0.2) is 0 Å². The van der Waals surface area contributed by atoms with Crippen LogP contribution < -0.4 is 11.1 Å². The SMILES string of the molecule is CC(Cc1ccc(Cl)c([N+](=O)[O-])c1)NCCN. The molecule has 0 saturated heterocycles. The van der Waals surface area contributed by atoms with E-state index in [4.69, 9.17) is 17.3 Å². The van der Waals surface area contributed by atoms with Crippen LogP contribution in [-0.2, 0) is 6.42 Å². The number of nitrogens with one attached hydrogen (secondary N) is 1. The molecule has 0 fully saturated rings. The number of nitro groups is 1. The summed E-state index contributed by atoms with van der Waals surface area (Å²) in [7, 11) is 0. The van der Waals surface area contributed by atoms with Crippen LogP contribution in [0.15, 0.2) is 18.2 Å². The van der Waals surface area contributed by atoms with Crippen molar-refractivity contribution in [3.63, 3.8) is 0 Å². The molecule has 0 heterocycles. The Labute approximate surface area is 105 Å². The third kappa shape index (κ3) is 4.30. The molecule has 1 rings (SSSR count). The van der Waals surface area contributed by atoms with E-state index in [2.05, 4.69) is 5.32 Å². The highest BCUT2D eigenvalue weighted by Gasteiger charge is 2.13. The van der Waals surface area contributed by atoms with Gasteiger partial charge in [0.05, 0.1) is 4.92 Å². The Hall–Kier alpha value is -1.17. The first-order valence-corrected chi connectivity index (χ1v) is 5.78. The molecule has 17 heavy (non-hydrogen) atoms. The smallest absolute Gasteiger partial charge is 0.288 e. The second-order valence-electron chi connectivity index (χ2n) is 3.89. The average molecular weight is 258 g/mol. The Morgan fingerprint density at radius 1 is 1.59 bits per heavy atom. The minimum absolute atomic E-state index is 0.0461. The number of hydrogen-bond donors (Lipinski definition) is 2. The summed E-state index contributed by atoms with van der Waals surface area (Å²) < 4.78 is 0. The van der Waals surface area contributed by atoms with Crippen molar-refractivity contribution in [3.05, 3.63) is 38.9 Å². The largest absolute Gasteiger partial charge is 0.329 e. The van der Waals surface area contributed by atoms with Gasteiger partial charge in [0.25, 0.3) is 5.69 Å². The van der Waals surface area contributed by atoms with Crippen molar-refractivity contribution < 1.29 is 4.92 Å². The monoisotopic (exact) mass is 257 g/mol. The zero-order valence-electron chi connectivity index (χ0n) is 9.65. The molecule has 1 atom stereocenters. The van der Waals surface area contributed by atoms with Gasteiger partial charge < -0.3 is 11.1 Å². The summed E-state index contributed by atoms with van der Waals surface area (Å²) in [6.45, 7) is 3.32. The minimum Gasteiger partial charge on any atom is -0.329 e.